The van der Waals surface area contributed by atoms with Crippen molar-refractivity contribution in [2.24, 2.45) is 0 Å². The third-order valence-corrected chi connectivity index (χ3v) is 4.24. The van der Waals surface area contributed by atoms with Crippen molar-refractivity contribution in [3.8, 4) is 17.2 Å². The number of pyridine rings is 1. The van der Waals surface area contributed by atoms with Gasteiger partial charge >= 0.3 is 0 Å². The number of fused-ring (bicyclic) bond motifs is 3. The van der Waals surface area contributed by atoms with Gasteiger partial charge in [-0.1, -0.05) is 19.1 Å². The summed E-state index contributed by atoms with van der Waals surface area (Å²) in [6, 6.07) is 12.4. The fraction of sp³-hybridized carbons (Fsp3) is 0.278. The molecule has 23 heavy (non-hydrogen) atoms. The van der Waals surface area contributed by atoms with Gasteiger partial charge in [0.05, 0.1) is 11.4 Å². The van der Waals surface area contributed by atoms with Crippen molar-refractivity contribution in [3.05, 3.63) is 53.5 Å². The Labute approximate surface area is 135 Å². The molecule has 0 bridgehead atoms. The van der Waals surface area contributed by atoms with Crippen LogP contribution in [0.25, 0.3) is 17.2 Å². The first-order valence-corrected chi connectivity index (χ1v) is 7.88. The Bertz CT molecular complexity index is 881. The van der Waals surface area contributed by atoms with Crippen LogP contribution in [0.4, 0.5) is 5.69 Å². The van der Waals surface area contributed by atoms with Gasteiger partial charge < -0.3 is 5.32 Å². The second-order valence-electron chi connectivity index (χ2n) is 6.18. The van der Waals surface area contributed by atoms with Gasteiger partial charge in [-0.3, -0.25) is 4.57 Å². The van der Waals surface area contributed by atoms with Crippen molar-refractivity contribution in [1.82, 2.24) is 19.7 Å². The summed E-state index contributed by atoms with van der Waals surface area (Å²) in [4.78, 5) is 4.63. The highest BCUT2D eigenvalue weighted by Crippen LogP contribution is 2.33. The highest BCUT2D eigenvalue weighted by molar-refractivity contribution is 5.68. The fourth-order valence-corrected chi connectivity index (χ4v) is 3.03. The number of anilines is 1. The molecule has 4 rings (SSSR count). The predicted molar refractivity (Wildman–Crippen MR) is 91.0 cm³/mol. The zero-order chi connectivity index (χ0) is 16.0. The van der Waals surface area contributed by atoms with Gasteiger partial charge in [0.25, 0.3) is 0 Å². The number of nitrogens with one attached hydrogen (secondary N) is 1. The molecular weight excluding hydrogens is 286 g/mol. The largest absolute Gasteiger partial charge is 0.383 e. The minimum absolute atomic E-state index is 0.272. The molecule has 0 radical (unpaired) electrons. The molecule has 5 nitrogen and oxygen atoms in total. The van der Waals surface area contributed by atoms with Gasteiger partial charge in [-0.15, -0.1) is 10.2 Å². The lowest BCUT2D eigenvalue weighted by molar-refractivity contribution is 0.725. The number of hydrogen-bond acceptors (Lipinski definition) is 4. The molecule has 116 valence electrons. The summed E-state index contributed by atoms with van der Waals surface area (Å²) in [6.07, 6.45) is 0. The standard InChI is InChI=1S/C18H19N5/c1-11-7-8-16-15(9-11)19-10-12(2)17-21-22-18(23(16)17)14-6-4-5-13(3)20-14/h4-9,12,19H,10H2,1-3H3. The molecule has 1 unspecified atom stereocenters. The number of rotatable bonds is 1. The molecule has 0 spiro atoms. The summed E-state index contributed by atoms with van der Waals surface area (Å²) in [5.41, 5.74) is 5.26. The van der Waals surface area contributed by atoms with Crippen molar-refractivity contribution in [2.75, 3.05) is 11.9 Å². The average molecular weight is 305 g/mol. The summed E-state index contributed by atoms with van der Waals surface area (Å²) in [6.45, 7) is 7.10. The maximum absolute atomic E-state index is 4.63. The molecule has 1 aromatic carbocycles. The summed E-state index contributed by atoms with van der Waals surface area (Å²) in [7, 11) is 0. The molecule has 5 heteroatoms. The molecule has 0 fully saturated rings. The smallest absolute Gasteiger partial charge is 0.187 e. The van der Waals surface area contributed by atoms with E-state index in [9.17, 15) is 0 Å². The van der Waals surface area contributed by atoms with E-state index >= 15 is 0 Å². The predicted octanol–water partition coefficient (Wildman–Crippen LogP) is 3.48. The summed E-state index contributed by atoms with van der Waals surface area (Å²) in [5, 5.41) is 12.4. The van der Waals surface area contributed by atoms with Gasteiger partial charge in [0, 0.05) is 18.2 Å². The van der Waals surface area contributed by atoms with Crippen molar-refractivity contribution in [2.45, 2.75) is 26.7 Å². The van der Waals surface area contributed by atoms with E-state index in [0.717, 1.165) is 41.0 Å². The first-order chi connectivity index (χ1) is 11.1. The zero-order valence-corrected chi connectivity index (χ0v) is 13.5. The molecule has 0 amide bonds. The molecule has 0 saturated carbocycles. The lowest BCUT2D eigenvalue weighted by Gasteiger charge is -2.12. The number of benzene rings is 1. The lowest BCUT2D eigenvalue weighted by atomic mass is 10.1. The topological polar surface area (TPSA) is 55.6 Å². The molecule has 3 heterocycles. The quantitative estimate of drug-likeness (QED) is 0.748. The van der Waals surface area contributed by atoms with Crippen molar-refractivity contribution in [3.63, 3.8) is 0 Å². The number of hydrogen-bond donors (Lipinski definition) is 1. The molecule has 0 aliphatic carbocycles. The molecule has 1 aliphatic heterocycles. The average Bonchev–Trinajstić information content (AvgIpc) is 2.92. The van der Waals surface area contributed by atoms with Gasteiger partial charge in [-0.2, -0.15) is 0 Å². The van der Waals surface area contributed by atoms with Crippen LogP contribution in [0.15, 0.2) is 36.4 Å². The first-order valence-electron chi connectivity index (χ1n) is 7.88. The number of aromatic nitrogens is 4. The molecular formula is C18H19N5. The first kappa shape index (κ1) is 13.9. The number of nitrogens with zero attached hydrogens (tertiary/aromatic N) is 4. The van der Waals surface area contributed by atoms with Crippen molar-refractivity contribution in [1.29, 1.82) is 0 Å². The summed E-state index contributed by atoms with van der Waals surface area (Å²) in [5.74, 6) is 2.04. The summed E-state index contributed by atoms with van der Waals surface area (Å²) >= 11 is 0. The Hall–Kier alpha value is -2.69. The van der Waals surface area contributed by atoms with Crippen molar-refractivity contribution < 1.29 is 0 Å². The lowest BCUT2D eigenvalue weighted by Crippen LogP contribution is -2.09. The van der Waals surface area contributed by atoms with E-state index in [2.05, 4.69) is 57.1 Å². The van der Waals surface area contributed by atoms with Crippen LogP contribution < -0.4 is 5.32 Å². The minimum atomic E-state index is 0.272. The second-order valence-corrected chi connectivity index (χ2v) is 6.18. The van der Waals surface area contributed by atoms with Crippen LogP contribution in [0, 0.1) is 13.8 Å². The van der Waals surface area contributed by atoms with Crippen LogP contribution in [0.2, 0.25) is 0 Å². The molecule has 1 atom stereocenters. The molecule has 1 aliphatic rings. The van der Waals surface area contributed by atoms with Gasteiger partial charge in [-0.25, -0.2) is 4.98 Å². The Balaban J connectivity index is 1.99. The third kappa shape index (κ3) is 2.29. The number of aryl methyl sites for hydroxylation is 2. The Morgan fingerprint density at radius 1 is 1.13 bits per heavy atom. The maximum atomic E-state index is 4.63. The molecule has 1 N–H and O–H groups in total. The van der Waals surface area contributed by atoms with Crippen LogP contribution in [-0.4, -0.2) is 26.3 Å². The van der Waals surface area contributed by atoms with E-state index in [1.807, 2.05) is 25.1 Å². The van der Waals surface area contributed by atoms with Crippen LogP contribution in [-0.2, 0) is 0 Å². The highest BCUT2D eigenvalue weighted by Gasteiger charge is 2.25. The van der Waals surface area contributed by atoms with Gasteiger partial charge in [-0.05, 0) is 43.7 Å². The maximum Gasteiger partial charge on any atom is 0.187 e. The van der Waals surface area contributed by atoms with Crippen molar-refractivity contribution >= 4 is 5.69 Å². The Morgan fingerprint density at radius 2 is 2.00 bits per heavy atom. The SMILES string of the molecule is Cc1ccc2c(c1)NCC(C)c1nnc(-c3cccc(C)n3)n1-2. The van der Waals surface area contributed by atoms with E-state index in [-0.39, 0.29) is 5.92 Å². The van der Waals surface area contributed by atoms with E-state index in [4.69, 9.17) is 0 Å². The molecule has 3 aromatic rings. The fourth-order valence-electron chi connectivity index (χ4n) is 3.03. The molecule has 0 saturated heterocycles. The van der Waals surface area contributed by atoms with Crippen LogP contribution in [0.1, 0.15) is 29.9 Å². The van der Waals surface area contributed by atoms with Crippen LogP contribution in [0.3, 0.4) is 0 Å². The molecule has 2 aromatic heterocycles. The van der Waals surface area contributed by atoms with Crippen LogP contribution >= 0.6 is 0 Å². The van der Waals surface area contributed by atoms with Gasteiger partial charge in [0.2, 0.25) is 0 Å². The van der Waals surface area contributed by atoms with Gasteiger partial charge in [0.1, 0.15) is 11.5 Å². The van der Waals surface area contributed by atoms with Gasteiger partial charge in [0.15, 0.2) is 5.82 Å². The monoisotopic (exact) mass is 305 g/mol. The second kappa shape index (κ2) is 5.19. The Kier molecular flexibility index (Phi) is 3.15. The Morgan fingerprint density at radius 3 is 2.83 bits per heavy atom. The van der Waals surface area contributed by atoms with E-state index in [1.165, 1.54) is 5.56 Å². The zero-order valence-electron chi connectivity index (χ0n) is 13.5. The normalized spacial score (nSPS) is 16.2. The third-order valence-electron chi connectivity index (χ3n) is 4.24. The van der Waals surface area contributed by atoms with E-state index < -0.39 is 0 Å². The highest BCUT2D eigenvalue weighted by atomic mass is 15.3. The van der Waals surface area contributed by atoms with E-state index in [1.54, 1.807) is 0 Å². The van der Waals surface area contributed by atoms with Crippen LogP contribution in [0.5, 0.6) is 0 Å². The van der Waals surface area contributed by atoms with E-state index in [0.29, 0.717) is 0 Å². The minimum Gasteiger partial charge on any atom is -0.383 e. The summed E-state index contributed by atoms with van der Waals surface area (Å²) < 4.78 is 2.14.